The standard InChI is InChI=1S/C18H17ClFN3O4/c1-11(24)23-21-9-12-3-6-16(17(7-12)26-2)27-10-18(25)22-13-4-5-15(20)14(19)8-13/h3-9H,10H2,1-2H3,(H,22,25)(H,23,24)/b21-9-. The van der Waals surface area contributed by atoms with Crippen LogP contribution in [-0.4, -0.2) is 31.7 Å². The minimum Gasteiger partial charge on any atom is -0.493 e. The number of hydrogen-bond acceptors (Lipinski definition) is 5. The Bertz CT molecular complexity index is 874. The number of hydrogen-bond donors (Lipinski definition) is 2. The average molecular weight is 394 g/mol. The molecular formula is C18H17ClFN3O4. The molecule has 0 atom stereocenters. The molecule has 0 saturated heterocycles. The number of rotatable bonds is 7. The first-order valence-corrected chi connectivity index (χ1v) is 8.12. The van der Waals surface area contributed by atoms with E-state index in [4.69, 9.17) is 21.1 Å². The van der Waals surface area contributed by atoms with Gasteiger partial charge in [0.05, 0.1) is 18.3 Å². The van der Waals surface area contributed by atoms with Crippen molar-refractivity contribution in [3.05, 3.63) is 52.8 Å². The van der Waals surface area contributed by atoms with Gasteiger partial charge in [0.1, 0.15) is 5.82 Å². The van der Waals surface area contributed by atoms with Crippen molar-refractivity contribution in [1.82, 2.24) is 5.43 Å². The molecule has 0 unspecified atom stereocenters. The van der Waals surface area contributed by atoms with Gasteiger partial charge < -0.3 is 14.8 Å². The Morgan fingerprint density at radius 2 is 2.00 bits per heavy atom. The summed E-state index contributed by atoms with van der Waals surface area (Å²) in [4.78, 5) is 22.8. The lowest BCUT2D eigenvalue weighted by Crippen LogP contribution is -2.20. The van der Waals surface area contributed by atoms with Gasteiger partial charge in [-0.05, 0) is 42.0 Å². The summed E-state index contributed by atoms with van der Waals surface area (Å²) in [6, 6.07) is 8.78. The largest absolute Gasteiger partial charge is 0.493 e. The molecule has 0 aliphatic carbocycles. The molecule has 0 aliphatic heterocycles. The lowest BCUT2D eigenvalue weighted by molar-refractivity contribution is -0.119. The summed E-state index contributed by atoms with van der Waals surface area (Å²) in [6.45, 7) is 1.06. The van der Waals surface area contributed by atoms with Gasteiger partial charge in [-0.3, -0.25) is 9.59 Å². The number of carbonyl (C=O) groups is 2. The van der Waals surface area contributed by atoms with Gasteiger partial charge in [-0.15, -0.1) is 0 Å². The van der Waals surface area contributed by atoms with Crippen LogP contribution in [0.1, 0.15) is 12.5 Å². The number of carbonyl (C=O) groups excluding carboxylic acids is 2. The minimum absolute atomic E-state index is 0.0908. The number of anilines is 1. The van der Waals surface area contributed by atoms with E-state index < -0.39 is 11.7 Å². The number of nitrogens with zero attached hydrogens (tertiary/aromatic N) is 1. The molecule has 2 amide bonds. The third kappa shape index (κ3) is 6.27. The monoisotopic (exact) mass is 393 g/mol. The van der Waals surface area contributed by atoms with Gasteiger partial charge in [-0.25, -0.2) is 9.82 Å². The molecule has 2 aromatic carbocycles. The van der Waals surface area contributed by atoms with Crippen LogP contribution in [0.15, 0.2) is 41.5 Å². The Balaban J connectivity index is 1.97. The van der Waals surface area contributed by atoms with Crippen LogP contribution in [0.2, 0.25) is 5.02 Å². The average Bonchev–Trinajstić information content (AvgIpc) is 2.63. The van der Waals surface area contributed by atoms with Crippen molar-refractivity contribution < 1.29 is 23.5 Å². The molecular weight excluding hydrogens is 377 g/mol. The summed E-state index contributed by atoms with van der Waals surface area (Å²) < 4.78 is 23.8. The first kappa shape index (κ1) is 20.2. The maximum absolute atomic E-state index is 13.1. The topological polar surface area (TPSA) is 89.0 Å². The van der Waals surface area contributed by atoms with Crippen molar-refractivity contribution in [2.75, 3.05) is 19.0 Å². The maximum atomic E-state index is 13.1. The Labute approximate surface area is 160 Å². The molecule has 0 radical (unpaired) electrons. The lowest BCUT2D eigenvalue weighted by atomic mass is 10.2. The van der Waals surface area contributed by atoms with Crippen molar-refractivity contribution in [2.45, 2.75) is 6.92 Å². The van der Waals surface area contributed by atoms with Crippen molar-refractivity contribution in [3.8, 4) is 11.5 Å². The zero-order valence-electron chi connectivity index (χ0n) is 14.6. The minimum atomic E-state index is -0.571. The van der Waals surface area contributed by atoms with E-state index in [1.165, 1.54) is 32.4 Å². The Morgan fingerprint density at radius 3 is 2.67 bits per heavy atom. The number of ether oxygens (including phenoxy) is 2. The number of hydrazone groups is 1. The van der Waals surface area contributed by atoms with Gasteiger partial charge in [-0.1, -0.05) is 11.6 Å². The first-order chi connectivity index (χ1) is 12.9. The van der Waals surface area contributed by atoms with E-state index in [2.05, 4.69) is 15.8 Å². The number of halogens is 2. The summed E-state index contributed by atoms with van der Waals surface area (Å²) >= 11 is 5.67. The zero-order valence-corrected chi connectivity index (χ0v) is 15.3. The second-order valence-electron chi connectivity index (χ2n) is 5.30. The van der Waals surface area contributed by atoms with Crippen LogP contribution in [-0.2, 0) is 9.59 Å². The van der Waals surface area contributed by atoms with E-state index in [0.717, 1.165) is 6.07 Å². The van der Waals surface area contributed by atoms with E-state index in [-0.39, 0.29) is 17.5 Å². The summed E-state index contributed by atoms with van der Waals surface area (Å²) in [5.74, 6) is -0.568. The predicted octanol–water partition coefficient (Wildman–Crippen LogP) is 2.98. The van der Waals surface area contributed by atoms with E-state index >= 15 is 0 Å². The van der Waals surface area contributed by atoms with E-state index in [0.29, 0.717) is 22.7 Å². The Morgan fingerprint density at radius 1 is 1.22 bits per heavy atom. The van der Waals surface area contributed by atoms with Crippen molar-refractivity contribution in [1.29, 1.82) is 0 Å². The normalized spacial score (nSPS) is 10.5. The van der Waals surface area contributed by atoms with Crippen molar-refractivity contribution >= 4 is 35.3 Å². The molecule has 2 rings (SSSR count). The fourth-order valence-electron chi connectivity index (χ4n) is 2.00. The van der Waals surface area contributed by atoms with E-state index in [1.54, 1.807) is 18.2 Å². The molecule has 0 heterocycles. The maximum Gasteiger partial charge on any atom is 0.262 e. The highest BCUT2D eigenvalue weighted by Gasteiger charge is 2.10. The van der Waals surface area contributed by atoms with Gasteiger partial charge in [-0.2, -0.15) is 5.10 Å². The summed E-state index contributed by atoms with van der Waals surface area (Å²) in [7, 11) is 1.46. The molecule has 2 aromatic rings. The van der Waals surface area contributed by atoms with Crippen LogP contribution in [0.5, 0.6) is 11.5 Å². The summed E-state index contributed by atoms with van der Waals surface area (Å²) in [6.07, 6.45) is 1.44. The second-order valence-corrected chi connectivity index (χ2v) is 5.71. The molecule has 2 N–H and O–H groups in total. The first-order valence-electron chi connectivity index (χ1n) is 7.74. The summed E-state index contributed by atoms with van der Waals surface area (Å²) in [5.41, 5.74) is 3.31. The highest BCUT2D eigenvalue weighted by Crippen LogP contribution is 2.27. The third-order valence-corrected chi connectivity index (χ3v) is 3.48. The molecule has 0 bridgehead atoms. The van der Waals surface area contributed by atoms with Crippen LogP contribution < -0.4 is 20.2 Å². The quantitative estimate of drug-likeness (QED) is 0.559. The van der Waals surface area contributed by atoms with Gasteiger partial charge >= 0.3 is 0 Å². The fourth-order valence-corrected chi connectivity index (χ4v) is 2.18. The van der Waals surface area contributed by atoms with Crippen LogP contribution >= 0.6 is 11.6 Å². The van der Waals surface area contributed by atoms with Gasteiger partial charge in [0.2, 0.25) is 5.91 Å². The molecule has 27 heavy (non-hydrogen) atoms. The number of benzene rings is 2. The Hall–Kier alpha value is -3.13. The molecule has 0 spiro atoms. The number of methoxy groups -OCH3 is 1. The Kier molecular flexibility index (Phi) is 7.13. The van der Waals surface area contributed by atoms with Gasteiger partial charge in [0, 0.05) is 12.6 Å². The third-order valence-electron chi connectivity index (χ3n) is 3.19. The summed E-state index contributed by atoms with van der Waals surface area (Å²) in [5, 5.41) is 6.22. The fraction of sp³-hybridized carbons (Fsp3) is 0.167. The van der Waals surface area contributed by atoms with Crippen molar-refractivity contribution in [3.63, 3.8) is 0 Å². The highest BCUT2D eigenvalue weighted by molar-refractivity contribution is 6.31. The van der Waals surface area contributed by atoms with Gasteiger partial charge in [0.25, 0.3) is 5.91 Å². The van der Waals surface area contributed by atoms with Crippen LogP contribution in [0.3, 0.4) is 0 Å². The molecule has 0 saturated carbocycles. The molecule has 142 valence electrons. The molecule has 0 aliphatic rings. The van der Waals surface area contributed by atoms with Crippen LogP contribution in [0.25, 0.3) is 0 Å². The molecule has 9 heteroatoms. The predicted molar refractivity (Wildman–Crippen MR) is 99.9 cm³/mol. The van der Waals surface area contributed by atoms with Crippen molar-refractivity contribution in [2.24, 2.45) is 5.10 Å². The van der Waals surface area contributed by atoms with E-state index in [1.807, 2.05) is 0 Å². The number of amides is 2. The molecule has 0 aromatic heterocycles. The van der Waals surface area contributed by atoms with Gasteiger partial charge in [0.15, 0.2) is 18.1 Å². The second kappa shape index (κ2) is 9.54. The SMILES string of the molecule is COc1cc(/C=N\NC(C)=O)ccc1OCC(=O)Nc1ccc(F)c(Cl)c1. The van der Waals surface area contributed by atoms with Crippen LogP contribution in [0.4, 0.5) is 10.1 Å². The van der Waals surface area contributed by atoms with E-state index in [9.17, 15) is 14.0 Å². The zero-order chi connectivity index (χ0) is 19.8. The highest BCUT2D eigenvalue weighted by atomic mass is 35.5. The number of nitrogens with one attached hydrogen (secondary N) is 2. The molecule has 7 nitrogen and oxygen atoms in total. The smallest absolute Gasteiger partial charge is 0.262 e. The van der Waals surface area contributed by atoms with Crippen LogP contribution in [0, 0.1) is 5.82 Å². The molecule has 0 fully saturated rings. The lowest BCUT2D eigenvalue weighted by Gasteiger charge is -2.11.